The van der Waals surface area contributed by atoms with E-state index in [2.05, 4.69) is 0 Å². The normalized spacial score (nSPS) is 24.4. The summed E-state index contributed by atoms with van der Waals surface area (Å²) in [6.07, 6.45) is -4.23. The van der Waals surface area contributed by atoms with E-state index in [9.17, 15) is 35.4 Å². The largest absolute Gasteiger partial charge is 0.504 e. The van der Waals surface area contributed by atoms with Crippen molar-refractivity contribution in [3.05, 3.63) is 53.6 Å². The number of phenols is 3. The second-order valence-corrected chi connectivity index (χ2v) is 7.82. The van der Waals surface area contributed by atoms with E-state index in [0.717, 1.165) is 6.08 Å². The lowest BCUT2D eigenvalue weighted by Crippen LogP contribution is -2.60. The Morgan fingerprint density at radius 1 is 1.03 bits per heavy atom. The average Bonchev–Trinajstić information content (AvgIpc) is 2.85. The molecule has 0 radical (unpaired) electrons. The third-order valence-corrected chi connectivity index (χ3v) is 5.40. The highest BCUT2D eigenvalue weighted by molar-refractivity contribution is 5.87. The number of aliphatic hydroxyl groups excluding tert-OH is 3. The minimum absolute atomic E-state index is 0.0279. The summed E-state index contributed by atoms with van der Waals surface area (Å²) in [5.41, 5.74) is 1.18. The van der Waals surface area contributed by atoms with Crippen molar-refractivity contribution in [2.75, 3.05) is 20.3 Å². The van der Waals surface area contributed by atoms with Crippen LogP contribution >= 0.6 is 0 Å². The lowest BCUT2D eigenvalue weighted by atomic mass is 9.99. The predicted molar refractivity (Wildman–Crippen MR) is 121 cm³/mol. The third kappa shape index (κ3) is 6.62. The number of aromatic hydroxyl groups is 3. The number of hydrogen-bond acceptors (Lipinski definition) is 11. The van der Waals surface area contributed by atoms with Crippen molar-refractivity contribution in [1.29, 1.82) is 0 Å². The number of carbonyl (C=O) groups excluding carboxylic acids is 1. The standard InChI is InChI=1S/C24H28O11/c1-32-18-11-13(3-6-16(18)27)4-7-20(29)35-23-19(12-25)34-24(22(31)21(23)30)33-9-8-14-2-5-15(26)17(28)10-14/h2-7,10-11,19,21-28,30-31H,8-9,12H2,1H3/b7-4+/t19-,21-,22-,23-,24-/m1/s1. The first-order valence-corrected chi connectivity index (χ1v) is 10.7. The predicted octanol–water partition coefficient (Wildman–Crippen LogP) is 0.435. The Morgan fingerprint density at radius 3 is 2.46 bits per heavy atom. The quantitative estimate of drug-likeness (QED) is 0.163. The van der Waals surface area contributed by atoms with Gasteiger partial charge < -0.3 is 49.6 Å². The van der Waals surface area contributed by atoms with Gasteiger partial charge in [0.1, 0.15) is 18.3 Å². The Labute approximate surface area is 201 Å². The fourth-order valence-electron chi connectivity index (χ4n) is 3.49. The van der Waals surface area contributed by atoms with Crippen LogP contribution in [-0.2, 0) is 25.4 Å². The maximum Gasteiger partial charge on any atom is 0.331 e. The SMILES string of the molecule is COc1cc(/C=C/C(=O)O[C@H]2[C@H](O)[C@@H](O)[C@H](OCCc3ccc(O)c(O)c3)O[C@@H]2CO)ccc1O. The molecule has 0 spiro atoms. The summed E-state index contributed by atoms with van der Waals surface area (Å²) in [5.74, 6) is -1.24. The summed E-state index contributed by atoms with van der Waals surface area (Å²) in [5, 5.41) is 59.1. The first-order valence-electron chi connectivity index (χ1n) is 10.7. The second-order valence-electron chi connectivity index (χ2n) is 7.82. The molecule has 1 aliphatic rings. The lowest BCUT2D eigenvalue weighted by molar-refractivity contribution is -0.302. The van der Waals surface area contributed by atoms with E-state index in [1.807, 2.05) is 0 Å². The molecule has 0 aromatic heterocycles. The van der Waals surface area contributed by atoms with Gasteiger partial charge in [0.05, 0.1) is 20.3 Å². The highest BCUT2D eigenvalue weighted by Crippen LogP contribution is 2.28. The van der Waals surface area contributed by atoms with Crippen LogP contribution in [0.25, 0.3) is 6.08 Å². The van der Waals surface area contributed by atoms with Crippen LogP contribution in [-0.4, -0.2) is 87.6 Å². The molecule has 6 N–H and O–H groups in total. The summed E-state index contributed by atoms with van der Waals surface area (Å²) in [4.78, 5) is 12.3. The minimum atomic E-state index is -1.60. The van der Waals surface area contributed by atoms with Gasteiger partial charge >= 0.3 is 5.97 Å². The van der Waals surface area contributed by atoms with Gasteiger partial charge in [0.15, 0.2) is 35.4 Å². The van der Waals surface area contributed by atoms with E-state index in [0.29, 0.717) is 17.5 Å². The van der Waals surface area contributed by atoms with Crippen LogP contribution < -0.4 is 4.74 Å². The molecule has 35 heavy (non-hydrogen) atoms. The maximum absolute atomic E-state index is 12.3. The van der Waals surface area contributed by atoms with Crippen LogP contribution in [0.1, 0.15) is 11.1 Å². The summed E-state index contributed by atoms with van der Waals surface area (Å²) in [7, 11) is 1.39. The van der Waals surface area contributed by atoms with E-state index in [1.54, 1.807) is 12.1 Å². The Morgan fingerprint density at radius 2 is 1.77 bits per heavy atom. The van der Waals surface area contributed by atoms with Crippen molar-refractivity contribution < 1.29 is 54.4 Å². The van der Waals surface area contributed by atoms with Crippen molar-refractivity contribution in [2.45, 2.75) is 37.1 Å². The number of benzene rings is 2. The average molecular weight is 492 g/mol. The van der Waals surface area contributed by atoms with Crippen molar-refractivity contribution in [3.63, 3.8) is 0 Å². The highest BCUT2D eigenvalue weighted by Gasteiger charge is 2.46. The van der Waals surface area contributed by atoms with Crippen LogP contribution in [0, 0.1) is 0 Å². The molecular weight excluding hydrogens is 464 g/mol. The monoisotopic (exact) mass is 492 g/mol. The molecule has 0 amide bonds. The van der Waals surface area contributed by atoms with Gasteiger partial charge in [0.25, 0.3) is 0 Å². The van der Waals surface area contributed by atoms with Crippen LogP contribution in [0.15, 0.2) is 42.5 Å². The number of carbonyl (C=O) groups is 1. The Bertz CT molecular complexity index is 1040. The number of methoxy groups -OCH3 is 1. The summed E-state index contributed by atoms with van der Waals surface area (Å²) in [6.45, 7) is -0.591. The number of ether oxygens (including phenoxy) is 4. The number of rotatable bonds is 9. The minimum Gasteiger partial charge on any atom is -0.504 e. The summed E-state index contributed by atoms with van der Waals surface area (Å²) < 4.78 is 21.2. The van der Waals surface area contributed by atoms with E-state index in [-0.39, 0.29) is 29.6 Å². The maximum atomic E-state index is 12.3. The Balaban J connectivity index is 1.57. The van der Waals surface area contributed by atoms with E-state index < -0.39 is 43.3 Å². The zero-order chi connectivity index (χ0) is 25.5. The molecule has 1 saturated heterocycles. The molecule has 190 valence electrons. The molecule has 11 heteroatoms. The molecule has 1 fully saturated rings. The number of esters is 1. The second kappa shape index (κ2) is 11.9. The van der Waals surface area contributed by atoms with E-state index in [1.165, 1.54) is 37.5 Å². The highest BCUT2D eigenvalue weighted by atomic mass is 16.7. The van der Waals surface area contributed by atoms with Gasteiger partial charge in [-0.3, -0.25) is 0 Å². The van der Waals surface area contributed by atoms with Gasteiger partial charge in [0.2, 0.25) is 0 Å². The first kappa shape index (κ1) is 26.3. The van der Waals surface area contributed by atoms with Crippen LogP contribution in [0.5, 0.6) is 23.0 Å². The molecule has 0 unspecified atom stereocenters. The first-order chi connectivity index (χ1) is 16.7. The molecule has 3 rings (SSSR count). The van der Waals surface area contributed by atoms with Gasteiger partial charge in [-0.05, 0) is 47.9 Å². The number of phenolic OH excluding ortho intramolecular Hbond substituents is 3. The molecule has 0 saturated carbocycles. The molecule has 0 aliphatic carbocycles. The van der Waals surface area contributed by atoms with Gasteiger partial charge in [-0.25, -0.2) is 4.79 Å². The summed E-state index contributed by atoms with van der Waals surface area (Å²) >= 11 is 0. The van der Waals surface area contributed by atoms with Crippen LogP contribution in [0.2, 0.25) is 0 Å². The molecule has 1 aliphatic heterocycles. The topological polar surface area (TPSA) is 175 Å². The van der Waals surface area contributed by atoms with Crippen molar-refractivity contribution in [3.8, 4) is 23.0 Å². The van der Waals surface area contributed by atoms with Crippen LogP contribution in [0.3, 0.4) is 0 Å². The number of aliphatic hydroxyl groups is 3. The number of hydrogen-bond donors (Lipinski definition) is 6. The third-order valence-electron chi connectivity index (χ3n) is 5.40. The van der Waals surface area contributed by atoms with Gasteiger partial charge in [0, 0.05) is 6.08 Å². The summed E-state index contributed by atoms with van der Waals surface area (Å²) in [6, 6.07) is 8.71. The van der Waals surface area contributed by atoms with Gasteiger partial charge in [-0.15, -0.1) is 0 Å². The lowest BCUT2D eigenvalue weighted by Gasteiger charge is -2.41. The zero-order valence-corrected chi connectivity index (χ0v) is 18.9. The zero-order valence-electron chi connectivity index (χ0n) is 18.9. The molecule has 5 atom stereocenters. The van der Waals surface area contributed by atoms with Crippen LogP contribution in [0.4, 0.5) is 0 Å². The smallest absolute Gasteiger partial charge is 0.331 e. The Hall–Kier alpha value is -3.35. The molecular formula is C24H28O11. The van der Waals surface area contributed by atoms with Crippen molar-refractivity contribution in [1.82, 2.24) is 0 Å². The van der Waals surface area contributed by atoms with Crippen molar-refractivity contribution in [2.24, 2.45) is 0 Å². The molecule has 2 aromatic carbocycles. The van der Waals surface area contributed by atoms with Gasteiger partial charge in [-0.2, -0.15) is 0 Å². The fraction of sp³-hybridized carbons (Fsp3) is 0.375. The Kier molecular flexibility index (Phi) is 8.90. The molecule has 2 aromatic rings. The van der Waals surface area contributed by atoms with Gasteiger partial charge in [-0.1, -0.05) is 12.1 Å². The van der Waals surface area contributed by atoms with E-state index in [4.69, 9.17) is 18.9 Å². The molecule has 11 nitrogen and oxygen atoms in total. The molecule has 0 bridgehead atoms. The molecule has 1 heterocycles. The van der Waals surface area contributed by atoms with E-state index >= 15 is 0 Å². The fourth-order valence-corrected chi connectivity index (χ4v) is 3.49. The van der Waals surface area contributed by atoms with Crippen molar-refractivity contribution >= 4 is 12.0 Å².